The summed E-state index contributed by atoms with van der Waals surface area (Å²) in [6.07, 6.45) is 1.91. The zero-order valence-corrected chi connectivity index (χ0v) is 21.9. The van der Waals surface area contributed by atoms with E-state index in [2.05, 4.69) is 26.5 Å². The van der Waals surface area contributed by atoms with Gasteiger partial charge in [-0.15, -0.1) is 10.2 Å². The second kappa shape index (κ2) is 10.1. The van der Waals surface area contributed by atoms with E-state index in [-0.39, 0.29) is 28.9 Å². The minimum absolute atomic E-state index is 0.168. The van der Waals surface area contributed by atoms with Crippen LogP contribution in [0.15, 0.2) is 65.2 Å². The zero-order valence-electron chi connectivity index (χ0n) is 21.0. The molecule has 0 radical (unpaired) electrons. The largest absolute Gasteiger partial charge is 0.499 e. The number of sulfonamides is 1. The van der Waals surface area contributed by atoms with Crippen LogP contribution in [0.3, 0.4) is 0 Å². The van der Waals surface area contributed by atoms with E-state index in [1.54, 1.807) is 61.0 Å². The molecule has 0 bridgehead atoms. The van der Waals surface area contributed by atoms with Crippen LogP contribution in [0.2, 0.25) is 0 Å². The first kappa shape index (κ1) is 26.0. The highest BCUT2D eigenvalue weighted by atomic mass is 32.2. The Bertz CT molecular complexity index is 1550. The number of nitrogens with zero attached hydrogens (tertiary/aromatic N) is 5. The third-order valence-electron chi connectivity index (χ3n) is 5.85. The Morgan fingerprint density at radius 1 is 1.19 bits per heavy atom. The molecule has 0 fully saturated rings. The van der Waals surface area contributed by atoms with Crippen molar-refractivity contribution in [3.63, 3.8) is 0 Å². The van der Waals surface area contributed by atoms with Crippen molar-refractivity contribution in [1.82, 2.24) is 24.1 Å². The molecule has 0 aliphatic rings. The third-order valence-corrected chi connectivity index (χ3v) is 7.55. The lowest BCUT2D eigenvalue weighted by Crippen LogP contribution is -2.32. The molecule has 0 aliphatic carbocycles. The summed E-state index contributed by atoms with van der Waals surface area (Å²) >= 11 is 0. The second-order valence-electron chi connectivity index (χ2n) is 8.26. The van der Waals surface area contributed by atoms with Gasteiger partial charge in [-0.05, 0) is 45.0 Å². The molecule has 0 aliphatic heterocycles. The Kier molecular flexibility index (Phi) is 7.09. The first-order valence-electron chi connectivity index (χ1n) is 11.2. The van der Waals surface area contributed by atoms with Gasteiger partial charge in [0.2, 0.25) is 21.8 Å². The second-order valence-corrected chi connectivity index (χ2v) is 10.3. The van der Waals surface area contributed by atoms with Gasteiger partial charge in [-0.2, -0.15) is 0 Å². The molecule has 0 spiro atoms. The van der Waals surface area contributed by atoms with E-state index < -0.39 is 21.4 Å². The molecule has 37 heavy (non-hydrogen) atoms. The van der Waals surface area contributed by atoms with Crippen LogP contribution in [-0.2, 0) is 19.5 Å². The minimum Gasteiger partial charge on any atom is -0.499 e. The SMILES string of the molecule is C=C(OC)/C(=C(\C)OC)n1c(NS(=O)(=O)[C@@H](C)[C@@H](O)c2cn3ccccc3n2)nnc1-c1ccc(C)o1. The van der Waals surface area contributed by atoms with Crippen LogP contribution in [-0.4, -0.2) is 57.1 Å². The summed E-state index contributed by atoms with van der Waals surface area (Å²) in [6.45, 7) is 8.70. The first-order chi connectivity index (χ1) is 17.6. The van der Waals surface area contributed by atoms with Gasteiger partial charge < -0.3 is 23.4 Å². The number of aliphatic hydroxyl groups excluding tert-OH is 1. The molecule has 196 valence electrons. The lowest BCUT2D eigenvalue weighted by Gasteiger charge is -2.20. The van der Waals surface area contributed by atoms with Crippen molar-refractivity contribution in [3.05, 3.63) is 72.3 Å². The average Bonchev–Trinajstić information content (AvgIpc) is 3.61. The number of hydrogen-bond acceptors (Lipinski definition) is 9. The Labute approximate surface area is 213 Å². The van der Waals surface area contributed by atoms with Gasteiger partial charge in [0.15, 0.2) is 5.76 Å². The molecular formula is C24H28N6O6S. The van der Waals surface area contributed by atoms with Crippen LogP contribution >= 0.6 is 0 Å². The van der Waals surface area contributed by atoms with Gasteiger partial charge in [0, 0.05) is 12.4 Å². The van der Waals surface area contributed by atoms with Crippen molar-refractivity contribution in [3.8, 4) is 11.6 Å². The van der Waals surface area contributed by atoms with Gasteiger partial charge in [0.05, 0.1) is 19.9 Å². The summed E-state index contributed by atoms with van der Waals surface area (Å²) in [5, 5.41) is 17.8. The number of ether oxygens (including phenoxy) is 2. The monoisotopic (exact) mass is 528 g/mol. The summed E-state index contributed by atoms with van der Waals surface area (Å²) < 4.78 is 48.8. The number of pyridine rings is 1. The van der Waals surface area contributed by atoms with Crippen LogP contribution in [0.25, 0.3) is 22.9 Å². The lowest BCUT2D eigenvalue weighted by atomic mass is 10.2. The molecule has 2 N–H and O–H groups in total. The molecule has 13 heteroatoms. The molecule has 0 saturated heterocycles. The summed E-state index contributed by atoms with van der Waals surface area (Å²) in [6, 6.07) is 8.77. The minimum atomic E-state index is -4.22. The molecule has 4 aromatic heterocycles. The normalized spacial score (nSPS) is 14.2. The predicted octanol–water partition coefficient (Wildman–Crippen LogP) is 3.35. The molecule has 0 aromatic carbocycles. The van der Waals surface area contributed by atoms with Gasteiger partial charge in [-0.25, -0.2) is 13.4 Å². The number of aryl methyl sites for hydroxylation is 1. The molecule has 2 atom stereocenters. The Morgan fingerprint density at radius 3 is 2.57 bits per heavy atom. The molecule has 0 saturated carbocycles. The zero-order chi connectivity index (χ0) is 26.9. The third kappa shape index (κ3) is 4.95. The quantitative estimate of drug-likeness (QED) is 0.234. The molecular weight excluding hydrogens is 500 g/mol. The number of methoxy groups -OCH3 is 2. The van der Waals surface area contributed by atoms with Crippen molar-refractivity contribution >= 4 is 27.3 Å². The topological polar surface area (TPSA) is 146 Å². The molecule has 4 aromatic rings. The Hall–Kier alpha value is -4.10. The summed E-state index contributed by atoms with van der Waals surface area (Å²) in [4.78, 5) is 4.34. The van der Waals surface area contributed by atoms with E-state index in [0.717, 1.165) is 0 Å². The van der Waals surface area contributed by atoms with Crippen molar-refractivity contribution in [2.45, 2.75) is 32.1 Å². The van der Waals surface area contributed by atoms with Crippen LogP contribution in [0.1, 0.15) is 31.4 Å². The van der Waals surface area contributed by atoms with Gasteiger partial charge in [-0.3, -0.25) is 9.29 Å². The predicted molar refractivity (Wildman–Crippen MR) is 137 cm³/mol. The fourth-order valence-corrected chi connectivity index (χ4v) is 4.73. The van der Waals surface area contributed by atoms with E-state index in [1.807, 2.05) is 0 Å². The van der Waals surface area contributed by atoms with Crippen molar-refractivity contribution < 1.29 is 27.4 Å². The maximum absolute atomic E-state index is 13.4. The molecule has 0 unspecified atom stereocenters. The number of allylic oxidation sites excluding steroid dienone is 2. The Balaban J connectivity index is 1.76. The number of nitrogens with one attached hydrogen (secondary N) is 1. The van der Waals surface area contributed by atoms with E-state index in [1.165, 1.54) is 25.7 Å². The fourth-order valence-electron chi connectivity index (χ4n) is 3.68. The highest BCUT2D eigenvalue weighted by molar-refractivity contribution is 7.93. The number of furan rings is 1. The van der Waals surface area contributed by atoms with Crippen LogP contribution in [0.4, 0.5) is 5.95 Å². The van der Waals surface area contributed by atoms with Crippen molar-refractivity contribution in [2.75, 3.05) is 18.9 Å². The summed E-state index contributed by atoms with van der Waals surface area (Å²) in [5.74, 6) is 1.48. The standard InChI is InChI=1S/C24H28N6O6S/c1-14-10-11-19(36-14)23-26-27-24(30(23)21(15(2)34-5)16(3)35-6)28-37(32,33)17(4)22(31)18-13-29-12-8-7-9-20(29)25-18/h7-13,17,22,31H,2H2,1,3-6H3,(H,27,28)/b21-16-/t17-,22+/m0/s1. The smallest absolute Gasteiger partial charge is 0.243 e. The number of hydrogen-bond donors (Lipinski definition) is 2. The van der Waals surface area contributed by atoms with Gasteiger partial charge >= 0.3 is 0 Å². The van der Waals surface area contributed by atoms with Crippen LogP contribution in [0, 0.1) is 6.92 Å². The summed E-state index contributed by atoms with van der Waals surface area (Å²) in [5.41, 5.74) is 1.06. The Morgan fingerprint density at radius 2 is 1.95 bits per heavy atom. The van der Waals surface area contributed by atoms with Crippen molar-refractivity contribution in [2.24, 2.45) is 0 Å². The highest BCUT2D eigenvalue weighted by Crippen LogP contribution is 2.33. The first-order valence-corrected chi connectivity index (χ1v) is 12.8. The highest BCUT2D eigenvalue weighted by Gasteiger charge is 2.34. The van der Waals surface area contributed by atoms with Crippen LogP contribution < -0.4 is 4.72 Å². The average molecular weight is 529 g/mol. The lowest BCUT2D eigenvalue weighted by molar-refractivity contribution is 0.172. The van der Waals surface area contributed by atoms with Crippen molar-refractivity contribution in [1.29, 1.82) is 0 Å². The number of rotatable bonds is 10. The summed E-state index contributed by atoms with van der Waals surface area (Å²) in [7, 11) is -1.34. The van der Waals surface area contributed by atoms with E-state index in [4.69, 9.17) is 13.9 Å². The number of aromatic nitrogens is 5. The molecule has 12 nitrogen and oxygen atoms in total. The molecule has 4 rings (SSSR count). The maximum Gasteiger partial charge on any atom is 0.243 e. The van der Waals surface area contributed by atoms with E-state index in [9.17, 15) is 13.5 Å². The van der Waals surface area contributed by atoms with E-state index >= 15 is 0 Å². The number of anilines is 1. The van der Waals surface area contributed by atoms with Gasteiger partial charge in [-0.1, -0.05) is 12.6 Å². The van der Waals surface area contributed by atoms with Gasteiger partial charge in [0.1, 0.15) is 40.0 Å². The molecule has 4 heterocycles. The fraction of sp³-hybridized carbons (Fsp3) is 0.292. The van der Waals surface area contributed by atoms with E-state index in [0.29, 0.717) is 22.9 Å². The molecule has 0 amide bonds. The maximum atomic E-state index is 13.4. The number of imidazole rings is 1. The van der Waals surface area contributed by atoms with Gasteiger partial charge in [0.25, 0.3) is 0 Å². The van der Waals surface area contributed by atoms with Crippen LogP contribution in [0.5, 0.6) is 0 Å². The number of aliphatic hydroxyl groups is 1. The number of fused-ring (bicyclic) bond motifs is 1.